The summed E-state index contributed by atoms with van der Waals surface area (Å²) in [7, 11) is 1.00. The van der Waals surface area contributed by atoms with E-state index in [0.29, 0.717) is 42.4 Å². The van der Waals surface area contributed by atoms with Crippen molar-refractivity contribution in [2.24, 2.45) is 0 Å². The largest absolute Gasteiger partial charge is 0.491 e. The standard InChI is InChI=1S/C35H36ClFO5.C7H8O.C5H12S.C2H6.CH4O/c1-2-39-31-16-13-26(18-30(31)37)17-28-19-27(14-15-29(28)36)32-20-33(40-22-24-9-5-3-6-10-24)35(34(21-38)42-32)41-23-25-11-7-4-8-12-25;8-6-7-4-2-1-3-5-7;1-5(2,3)6-4;2*1-2/h3-16,18-19,32-35,38H,2,17,20-23H2,1H3;1-5,8H,6H2;1-4H3;1-2H3;2H,1H3/t32?,33?,34?,35-;;;;/m0..../s1. The summed E-state index contributed by atoms with van der Waals surface area (Å²) >= 11 is 8.47. The summed E-state index contributed by atoms with van der Waals surface area (Å²) in [6.07, 6.45) is 1.36. The second-order valence-corrected chi connectivity index (χ2v) is 16.4. The van der Waals surface area contributed by atoms with Gasteiger partial charge in [0, 0.05) is 23.3 Å². The van der Waals surface area contributed by atoms with E-state index >= 15 is 0 Å². The summed E-state index contributed by atoms with van der Waals surface area (Å²) in [4.78, 5) is 0. The van der Waals surface area contributed by atoms with Gasteiger partial charge in [0.1, 0.15) is 12.2 Å². The van der Waals surface area contributed by atoms with Gasteiger partial charge in [0.15, 0.2) is 11.6 Å². The van der Waals surface area contributed by atoms with Crippen LogP contribution in [-0.4, -0.2) is 65.0 Å². The zero-order valence-electron chi connectivity index (χ0n) is 36.5. The van der Waals surface area contributed by atoms with E-state index in [1.54, 1.807) is 6.07 Å². The molecule has 0 bridgehead atoms. The zero-order valence-corrected chi connectivity index (χ0v) is 38.1. The van der Waals surface area contributed by atoms with Crippen molar-refractivity contribution in [2.75, 3.05) is 26.6 Å². The predicted molar refractivity (Wildman–Crippen MR) is 246 cm³/mol. The van der Waals surface area contributed by atoms with Crippen molar-refractivity contribution < 1.29 is 38.7 Å². The third-order valence-corrected chi connectivity index (χ3v) is 10.7. The van der Waals surface area contributed by atoms with E-state index in [-0.39, 0.29) is 31.2 Å². The Morgan fingerprint density at radius 3 is 1.75 bits per heavy atom. The first-order valence-electron chi connectivity index (χ1n) is 20.4. The molecule has 1 heterocycles. The molecule has 1 saturated heterocycles. The second-order valence-electron chi connectivity index (χ2n) is 14.4. The van der Waals surface area contributed by atoms with Gasteiger partial charge >= 0.3 is 0 Å². The number of benzene rings is 5. The number of rotatable bonds is 13. The Morgan fingerprint density at radius 1 is 0.750 bits per heavy atom. The van der Waals surface area contributed by atoms with Crippen LogP contribution in [0.25, 0.3) is 0 Å². The number of aliphatic hydroxyl groups is 3. The van der Waals surface area contributed by atoms with Crippen molar-refractivity contribution in [2.45, 2.75) is 103 Å². The molecule has 10 heteroatoms. The van der Waals surface area contributed by atoms with Crippen molar-refractivity contribution in [1.82, 2.24) is 0 Å². The lowest BCUT2D eigenvalue weighted by Crippen LogP contribution is -2.50. The Bertz CT molecular complexity index is 1840. The Hall–Kier alpha value is -3.77. The van der Waals surface area contributed by atoms with Crippen LogP contribution in [0, 0.1) is 5.82 Å². The number of aliphatic hydroxyl groups excluding tert-OH is 3. The van der Waals surface area contributed by atoms with E-state index in [1.807, 2.05) is 148 Å². The van der Waals surface area contributed by atoms with Crippen molar-refractivity contribution in [3.8, 4) is 5.75 Å². The van der Waals surface area contributed by atoms with Crippen LogP contribution < -0.4 is 4.74 Å². The number of hydrogen-bond donors (Lipinski definition) is 3. The minimum atomic E-state index is -0.590. The van der Waals surface area contributed by atoms with E-state index in [2.05, 4.69) is 27.0 Å². The fourth-order valence-corrected chi connectivity index (χ4v) is 6.06. The Balaban J connectivity index is 0.000000577. The summed E-state index contributed by atoms with van der Waals surface area (Å²) in [5, 5.41) is 26.5. The van der Waals surface area contributed by atoms with Gasteiger partial charge in [-0.25, -0.2) is 4.39 Å². The highest BCUT2D eigenvalue weighted by Crippen LogP contribution is 2.37. The molecule has 1 aliphatic rings. The molecule has 0 spiro atoms. The number of halogens is 2. The average molecular weight is 866 g/mol. The number of thioether (sulfide) groups is 1. The highest BCUT2D eigenvalue weighted by molar-refractivity contribution is 7.99. The van der Waals surface area contributed by atoms with Gasteiger partial charge in [0.05, 0.1) is 45.2 Å². The quantitative estimate of drug-likeness (QED) is 0.108. The van der Waals surface area contributed by atoms with Gasteiger partial charge in [-0.2, -0.15) is 11.8 Å². The topological polar surface area (TPSA) is 97.6 Å². The molecule has 60 heavy (non-hydrogen) atoms. The Labute approximate surface area is 367 Å². The molecule has 4 atom stereocenters. The molecular formula is C50H66ClFO7S. The maximum atomic E-state index is 14.5. The molecule has 1 fully saturated rings. The van der Waals surface area contributed by atoms with E-state index in [1.165, 1.54) is 6.07 Å². The molecule has 7 nitrogen and oxygen atoms in total. The van der Waals surface area contributed by atoms with Gasteiger partial charge < -0.3 is 34.3 Å². The highest BCUT2D eigenvalue weighted by Gasteiger charge is 2.41. The SMILES string of the molecule is CC.CCOc1ccc(Cc2cc(C3CC(OCc4ccccc4)[C@H](OCc4ccccc4)C(CO)O3)ccc2Cl)cc1F.CO.CSC(C)(C)C.OCc1ccccc1. The first-order chi connectivity index (χ1) is 29.0. The smallest absolute Gasteiger partial charge is 0.165 e. The van der Waals surface area contributed by atoms with E-state index in [0.717, 1.165) is 40.5 Å². The Morgan fingerprint density at radius 2 is 1.28 bits per heavy atom. The molecule has 328 valence electrons. The van der Waals surface area contributed by atoms with Crippen molar-refractivity contribution >= 4 is 23.4 Å². The molecule has 6 rings (SSSR count). The lowest BCUT2D eigenvalue weighted by Gasteiger charge is -2.41. The van der Waals surface area contributed by atoms with Crippen LogP contribution in [0.3, 0.4) is 0 Å². The molecule has 0 radical (unpaired) electrons. The van der Waals surface area contributed by atoms with E-state index in [9.17, 15) is 9.50 Å². The summed E-state index contributed by atoms with van der Waals surface area (Å²) in [5.74, 6) is -0.166. The summed E-state index contributed by atoms with van der Waals surface area (Å²) < 4.78 is 39.5. The summed E-state index contributed by atoms with van der Waals surface area (Å²) in [6, 6.07) is 40.2. The summed E-state index contributed by atoms with van der Waals surface area (Å²) in [5.41, 5.74) is 5.60. The highest BCUT2D eigenvalue weighted by atomic mass is 35.5. The minimum Gasteiger partial charge on any atom is -0.491 e. The van der Waals surface area contributed by atoms with E-state index < -0.39 is 18.0 Å². The molecule has 0 saturated carbocycles. The summed E-state index contributed by atoms with van der Waals surface area (Å²) in [6.45, 7) is 13.6. The van der Waals surface area contributed by atoms with Crippen LogP contribution in [0.5, 0.6) is 5.75 Å². The molecule has 1 aliphatic heterocycles. The monoisotopic (exact) mass is 864 g/mol. The number of ether oxygens (including phenoxy) is 4. The van der Waals surface area contributed by atoms with Crippen LogP contribution in [0.4, 0.5) is 4.39 Å². The van der Waals surface area contributed by atoms with Crippen LogP contribution in [0.15, 0.2) is 127 Å². The minimum absolute atomic E-state index is 0.140. The molecule has 5 aromatic rings. The first kappa shape index (κ1) is 52.4. The van der Waals surface area contributed by atoms with Gasteiger partial charge in [0.2, 0.25) is 0 Å². The molecule has 3 N–H and O–H groups in total. The average Bonchev–Trinajstić information content (AvgIpc) is 3.29. The van der Waals surface area contributed by atoms with Crippen LogP contribution >= 0.6 is 23.4 Å². The molecule has 0 amide bonds. The van der Waals surface area contributed by atoms with Crippen LogP contribution in [0.1, 0.15) is 87.4 Å². The lowest BCUT2D eigenvalue weighted by molar-refractivity contribution is -0.217. The molecule has 0 aliphatic carbocycles. The molecule has 0 aromatic heterocycles. The Kier molecular flexibility index (Phi) is 25.7. The normalized spacial score (nSPS) is 16.9. The maximum Gasteiger partial charge on any atom is 0.165 e. The van der Waals surface area contributed by atoms with Gasteiger partial charge in [0.25, 0.3) is 0 Å². The number of hydrogen-bond acceptors (Lipinski definition) is 8. The van der Waals surface area contributed by atoms with Crippen molar-refractivity contribution in [3.05, 3.63) is 172 Å². The molecular weight excluding hydrogens is 799 g/mol. The van der Waals surface area contributed by atoms with Gasteiger partial charge in [-0.1, -0.05) is 155 Å². The predicted octanol–water partition coefficient (Wildman–Crippen LogP) is 11.4. The zero-order chi connectivity index (χ0) is 44.3. The van der Waals surface area contributed by atoms with Crippen LogP contribution in [-0.2, 0) is 40.5 Å². The second kappa shape index (κ2) is 29.5. The fraction of sp³-hybridized carbons (Fsp3) is 0.400. The maximum absolute atomic E-state index is 14.5. The third kappa shape index (κ3) is 18.9. The van der Waals surface area contributed by atoms with Gasteiger partial charge in [-0.15, -0.1) is 0 Å². The third-order valence-electron chi connectivity index (χ3n) is 9.06. The van der Waals surface area contributed by atoms with Gasteiger partial charge in [-0.05, 0) is 71.2 Å². The van der Waals surface area contributed by atoms with Crippen LogP contribution in [0.2, 0.25) is 5.02 Å². The van der Waals surface area contributed by atoms with E-state index in [4.69, 9.17) is 40.8 Å². The van der Waals surface area contributed by atoms with Crippen molar-refractivity contribution in [3.63, 3.8) is 0 Å². The molecule has 3 unspecified atom stereocenters. The molecule has 5 aromatic carbocycles. The fourth-order valence-electron chi connectivity index (χ4n) is 5.87. The van der Waals surface area contributed by atoms with Gasteiger partial charge in [-0.3, -0.25) is 0 Å². The lowest BCUT2D eigenvalue weighted by atomic mass is 9.92. The van der Waals surface area contributed by atoms with Crippen molar-refractivity contribution in [1.29, 1.82) is 0 Å². The first-order valence-corrected chi connectivity index (χ1v) is 22.0.